The minimum Gasteiger partial charge on any atom is -0.355 e. The molecule has 0 aromatic heterocycles. The van der Waals surface area contributed by atoms with Crippen molar-refractivity contribution in [3.05, 3.63) is 0 Å². The van der Waals surface area contributed by atoms with Gasteiger partial charge in [0.15, 0.2) is 0 Å². The zero-order valence-electron chi connectivity index (χ0n) is 11.4. The molecule has 2 rings (SSSR count). The van der Waals surface area contributed by atoms with E-state index in [0.717, 1.165) is 19.4 Å². The lowest BCUT2D eigenvalue weighted by Crippen LogP contribution is -2.54. The summed E-state index contributed by atoms with van der Waals surface area (Å²) in [7, 11) is 0. The molecule has 3 nitrogen and oxygen atoms in total. The lowest BCUT2D eigenvalue weighted by molar-refractivity contribution is -0.138. The molecule has 0 unspecified atom stereocenters. The molecule has 2 aliphatic rings. The van der Waals surface area contributed by atoms with Gasteiger partial charge in [-0.05, 0) is 42.9 Å². The van der Waals surface area contributed by atoms with Crippen LogP contribution in [0.2, 0.25) is 0 Å². The van der Waals surface area contributed by atoms with Crippen LogP contribution in [0.3, 0.4) is 0 Å². The van der Waals surface area contributed by atoms with E-state index in [1.54, 1.807) is 0 Å². The minimum atomic E-state index is -0.244. The Hall–Kier alpha value is -0.570. The second-order valence-electron chi connectivity index (χ2n) is 6.70. The van der Waals surface area contributed by atoms with Gasteiger partial charge in [0.25, 0.3) is 0 Å². The molecule has 2 fully saturated rings. The van der Waals surface area contributed by atoms with Crippen LogP contribution in [-0.4, -0.2) is 19.0 Å². The van der Waals surface area contributed by atoms with Crippen molar-refractivity contribution in [2.75, 3.05) is 13.1 Å². The third kappa shape index (κ3) is 2.22. The molecule has 2 saturated carbocycles. The van der Waals surface area contributed by atoms with Gasteiger partial charge in [0.2, 0.25) is 5.91 Å². The summed E-state index contributed by atoms with van der Waals surface area (Å²) in [5.41, 5.74) is 5.93. The van der Waals surface area contributed by atoms with Crippen molar-refractivity contribution in [2.24, 2.45) is 28.4 Å². The molecule has 0 bridgehead atoms. The maximum absolute atomic E-state index is 12.2. The van der Waals surface area contributed by atoms with E-state index in [1.165, 1.54) is 12.8 Å². The summed E-state index contributed by atoms with van der Waals surface area (Å²) in [6, 6.07) is 0. The van der Waals surface area contributed by atoms with Crippen LogP contribution < -0.4 is 11.1 Å². The highest BCUT2D eigenvalue weighted by molar-refractivity contribution is 5.84. The van der Waals surface area contributed by atoms with E-state index < -0.39 is 0 Å². The van der Waals surface area contributed by atoms with Crippen molar-refractivity contribution in [2.45, 2.75) is 46.5 Å². The monoisotopic (exact) mass is 238 g/mol. The van der Waals surface area contributed by atoms with Crippen LogP contribution in [0.1, 0.15) is 46.5 Å². The van der Waals surface area contributed by atoms with Crippen molar-refractivity contribution in [1.29, 1.82) is 0 Å². The molecule has 2 aliphatic carbocycles. The third-order valence-electron chi connectivity index (χ3n) is 5.07. The van der Waals surface area contributed by atoms with Crippen LogP contribution in [0, 0.1) is 22.7 Å². The Labute approximate surface area is 105 Å². The number of hydrogen-bond donors (Lipinski definition) is 2. The van der Waals surface area contributed by atoms with Gasteiger partial charge in [-0.15, -0.1) is 0 Å². The van der Waals surface area contributed by atoms with Crippen molar-refractivity contribution in [1.82, 2.24) is 5.32 Å². The van der Waals surface area contributed by atoms with E-state index in [9.17, 15) is 4.79 Å². The van der Waals surface area contributed by atoms with E-state index in [0.29, 0.717) is 23.8 Å². The van der Waals surface area contributed by atoms with Gasteiger partial charge in [-0.1, -0.05) is 20.8 Å². The first-order valence-electron chi connectivity index (χ1n) is 6.92. The first kappa shape index (κ1) is 12.9. The highest BCUT2D eigenvalue weighted by atomic mass is 16.2. The predicted molar refractivity (Wildman–Crippen MR) is 69.4 cm³/mol. The number of nitrogens with two attached hydrogens (primary N) is 1. The highest BCUT2D eigenvalue weighted by Gasteiger charge is 2.49. The molecule has 17 heavy (non-hydrogen) atoms. The van der Waals surface area contributed by atoms with Gasteiger partial charge in [-0.25, -0.2) is 0 Å². The Bertz CT molecular complexity index is 301. The Morgan fingerprint density at radius 3 is 2.35 bits per heavy atom. The van der Waals surface area contributed by atoms with Crippen molar-refractivity contribution < 1.29 is 4.79 Å². The normalized spacial score (nSPS) is 34.3. The fourth-order valence-corrected chi connectivity index (χ4v) is 3.28. The first-order chi connectivity index (χ1) is 7.94. The summed E-state index contributed by atoms with van der Waals surface area (Å²) in [5, 5.41) is 3.16. The van der Waals surface area contributed by atoms with E-state index in [4.69, 9.17) is 5.73 Å². The van der Waals surface area contributed by atoms with Crippen LogP contribution in [0.5, 0.6) is 0 Å². The molecule has 0 aliphatic heterocycles. The lowest BCUT2D eigenvalue weighted by atomic mass is 9.62. The predicted octanol–water partition coefficient (Wildman–Crippen LogP) is 1.91. The van der Waals surface area contributed by atoms with Crippen LogP contribution >= 0.6 is 0 Å². The summed E-state index contributed by atoms with van der Waals surface area (Å²) in [6.45, 7) is 8.04. The molecule has 3 N–H and O–H groups in total. The molecular weight excluding hydrogens is 212 g/mol. The fraction of sp³-hybridized carbons (Fsp3) is 0.929. The largest absolute Gasteiger partial charge is 0.355 e. The van der Waals surface area contributed by atoms with Crippen LogP contribution in [0.25, 0.3) is 0 Å². The lowest BCUT2D eigenvalue weighted by Gasteiger charge is -2.44. The number of nitrogens with one attached hydrogen (secondary N) is 1. The molecule has 1 amide bonds. The molecular formula is C14H26N2O. The minimum absolute atomic E-state index is 0.199. The first-order valence-corrected chi connectivity index (χ1v) is 6.92. The van der Waals surface area contributed by atoms with Gasteiger partial charge in [-0.2, -0.15) is 0 Å². The Morgan fingerprint density at radius 1 is 1.41 bits per heavy atom. The van der Waals surface area contributed by atoms with Crippen LogP contribution in [0.4, 0.5) is 0 Å². The van der Waals surface area contributed by atoms with E-state index in [2.05, 4.69) is 26.1 Å². The van der Waals surface area contributed by atoms with E-state index >= 15 is 0 Å². The zero-order chi connectivity index (χ0) is 12.7. The standard InChI is InChI=1S/C14H26N2O/c1-10(2)13(4-5-13)9-16-12(17)14(8-15)6-11(3)7-14/h10-11H,4-9,15H2,1-3H3,(H,16,17). The Morgan fingerprint density at radius 2 is 2.00 bits per heavy atom. The third-order valence-corrected chi connectivity index (χ3v) is 5.07. The average molecular weight is 238 g/mol. The molecule has 0 spiro atoms. The highest BCUT2D eigenvalue weighted by Crippen LogP contribution is 2.51. The van der Waals surface area contributed by atoms with E-state index in [1.807, 2.05) is 0 Å². The molecule has 0 radical (unpaired) electrons. The van der Waals surface area contributed by atoms with Gasteiger partial charge >= 0.3 is 0 Å². The van der Waals surface area contributed by atoms with Crippen molar-refractivity contribution in [3.63, 3.8) is 0 Å². The SMILES string of the molecule is CC1CC(CN)(C(=O)NCC2(C(C)C)CC2)C1. The summed E-state index contributed by atoms with van der Waals surface area (Å²) in [5.74, 6) is 1.52. The second-order valence-corrected chi connectivity index (χ2v) is 6.70. The van der Waals surface area contributed by atoms with Crippen molar-refractivity contribution >= 4 is 5.91 Å². The Balaban J connectivity index is 1.85. The van der Waals surface area contributed by atoms with E-state index in [-0.39, 0.29) is 11.3 Å². The Kier molecular flexibility index (Phi) is 3.23. The molecule has 0 aromatic carbocycles. The maximum Gasteiger partial charge on any atom is 0.227 e. The summed E-state index contributed by atoms with van der Waals surface area (Å²) in [6.07, 6.45) is 4.45. The number of rotatable bonds is 5. The van der Waals surface area contributed by atoms with Crippen LogP contribution in [-0.2, 0) is 4.79 Å². The topological polar surface area (TPSA) is 55.1 Å². The number of amides is 1. The molecule has 0 saturated heterocycles. The summed E-state index contributed by atoms with van der Waals surface area (Å²) < 4.78 is 0. The van der Waals surface area contributed by atoms with Crippen molar-refractivity contribution in [3.8, 4) is 0 Å². The van der Waals surface area contributed by atoms with Gasteiger partial charge in [0.05, 0.1) is 5.41 Å². The van der Waals surface area contributed by atoms with Gasteiger partial charge in [0.1, 0.15) is 0 Å². The summed E-state index contributed by atoms with van der Waals surface area (Å²) >= 11 is 0. The average Bonchev–Trinajstić information content (AvgIpc) is 3.02. The molecule has 0 aromatic rings. The van der Waals surface area contributed by atoms with Gasteiger partial charge < -0.3 is 11.1 Å². The van der Waals surface area contributed by atoms with Gasteiger partial charge in [-0.3, -0.25) is 4.79 Å². The molecule has 0 heterocycles. The van der Waals surface area contributed by atoms with Gasteiger partial charge in [0, 0.05) is 13.1 Å². The quantitative estimate of drug-likeness (QED) is 0.769. The zero-order valence-corrected chi connectivity index (χ0v) is 11.4. The smallest absolute Gasteiger partial charge is 0.227 e. The molecule has 98 valence electrons. The fourth-order valence-electron chi connectivity index (χ4n) is 3.28. The number of carbonyl (C=O) groups excluding carboxylic acids is 1. The molecule has 0 atom stereocenters. The summed E-state index contributed by atoms with van der Waals surface area (Å²) in [4.78, 5) is 12.2. The second kappa shape index (κ2) is 4.27. The number of carbonyl (C=O) groups is 1. The maximum atomic E-state index is 12.2. The number of hydrogen-bond acceptors (Lipinski definition) is 2. The van der Waals surface area contributed by atoms with Crippen LogP contribution in [0.15, 0.2) is 0 Å². The molecule has 3 heteroatoms.